The van der Waals surface area contributed by atoms with Gasteiger partial charge >= 0.3 is 0 Å². The maximum Gasteiger partial charge on any atom is 0.251 e. The van der Waals surface area contributed by atoms with Crippen molar-refractivity contribution < 1.29 is 9.53 Å². The minimum Gasteiger partial charge on any atom is -0.379 e. The van der Waals surface area contributed by atoms with E-state index in [0.29, 0.717) is 12.1 Å². The summed E-state index contributed by atoms with van der Waals surface area (Å²) in [6.45, 7) is 3.81. The Bertz CT molecular complexity index is 1150. The lowest BCUT2D eigenvalue weighted by Crippen LogP contribution is -2.43. The number of nitrogens with one attached hydrogen (secondary N) is 1. The largest absolute Gasteiger partial charge is 0.379 e. The number of morpholine rings is 1. The van der Waals surface area contributed by atoms with Gasteiger partial charge in [0.05, 0.1) is 30.3 Å². The van der Waals surface area contributed by atoms with Gasteiger partial charge in [0.15, 0.2) is 0 Å². The average molecular weight is 433 g/mol. The van der Waals surface area contributed by atoms with Crippen LogP contribution in [-0.4, -0.2) is 53.2 Å². The Hall–Kier alpha value is -3.00. The first-order valence-electron chi connectivity index (χ1n) is 10.5. The van der Waals surface area contributed by atoms with Crippen LogP contribution >= 0.6 is 11.3 Å². The Kier molecular flexibility index (Phi) is 5.80. The number of benzene rings is 2. The number of carbonyl (C=O) groups excluding carboxylic acids is 1. The monoisotopic (exact) mass is 432 g/mol. The van der Waals surface area contributed by atoms with Gasteiger partial charge in [-0.2, -0.15) is 0 Å². The zero-order valence-electron chi connectivity index (χ0n) is 17.1. The van der Waals surface area contributed by atoms with Crippen molar-refractivity contribution in [2.45, 2.75) is 6.04 Å². The molecule has 0 radical (unpaired) electrons. The number of thiophene rings is 1. The Morgan fingerprint density at radius 1 is 1.06 bits per heavy atom. The summed E-state index contributed by atoms with van der Waals surface area (Å²) in [7, 11) is 0. The molecule has 1 aliphatic rings. The van der Waals surface area contributed by atoms with Crippen LogP contribution < -0.4 is 5.32 Å². The van der Waals surface area contributed by atoms with Gasteiger partial charge < -0.3 is 10.1 Å². The molecule has 7 heteroatoms. The number of ether oxygens (including phenoxy) is 1. The van der Waals surface area contributed by atoms with Crippen LogP contribution in [0.5, 0.6) is 0 Å². The molecule has 1 unspecified atom stereocenters. The topological polar surface area (TPSA) is 59.4 Å². The van der Waals surface area contributed by atoms with E-state index in [2.05, 4.69) is 32.7 Å². The van der Waals surface area contributed by atoms with Crippen LogP contribution in [0, 0.1) is 0 Å². The molecule has 1 N–H and O–H groups in total. The van der Waals surface area contributed by atoms with Crippen LogP contribution in [0.4, 0.5) is 0 Å². The number of aromatic nitrogens is 2. The van der Waals surface area contributed by atoms with E-state index in [0.717, 1.165) is 43.0 Å². The summed E-state index contributed by atoms with van der Waals surface area (Å²) in [5.74, 6) is -0.0585. The van der Waals surface area contributed by atoms with Crippen molar-refractivity contribution in [3.8, 4) is 5.69 Å². The minimum atomic E-state index is -0.0585. The summed E-state index contributed by atoms with van der Waals surface area (Å²) in [5.41, 5.74) is 3.63. The maximum absolute atomic E-state index is 12.8. The lowest BCUT2D eigenvalue weighted by Gasteiger charge is -2.34. The molecular weight excluding hydrogens is 408 g/mol. The van der Waals surface area contributed by atoms with Crippen molar-refractivity contribution in [1.82, 2.24) is 19.8 Å². The molecular formula is C24H24N4O2S. The highest BCUT2D eigenvalue weighted by Gasteiger charge is 2.24. The van der Waals surface area contributed by atoms with Crippen LogP contribution in [0.2, 0.25) is 0 Å². The van der Waals surface area contributed by atoms with E-state index in [1.165, 1.54) is 4.88 Å². The first kappa shape index (κ1) is 19.9. The van der Waals surface area contributed by atoms with Gasteiger partial charge in [0, 0.05) is 35.8 Å². The molecule has 31 heavy (non-hydrogen) atoms. The normalized spacial score (nSPS) is 15.7. The van der Waals surface area contributed by atoms with Gasteiger partial charge in [0.25, 0.3) is 5.91 Å². The summed E-state index contributed by atoms with van der Waals surface area (Å²) in [6, 6.07) is 20.0. The molecule has 0 spiro atoms. The van der Waals surface area contributed by atoms with Gasteiger partial charge in [-0.25, -0.2) is 4.98 Å². The third kappa shape index (κ3) is 4.25. The molecule has 0 aliphatic carbocycles. The second-order valence-corrected chi connectivity index (χ2v) is 8.52. The Balaban J connectivity index is 1.28. The zero-order valence-corrected chi connectivity index (χ0v) is 17.9. The number of carbonyl (C=O) groups is 1. The molecule has 1 fully saturated rings. The van der Waals surface area contributed by atoms with Crippen LogP contribution in [0.3, 0.4) is 0 Å². The summed E-state index contributed by atoms with van der Waals surface area (Å²) < 4.78 is 7.53. The van der Waals surface area contributed by atoms with Crippen molar-refractivity contribution in [2.75, 3.05) is 32.8 Å². The van der Waals surface area contributed by atoms with E-state index in [4.69, 9.17) is 4.74 Å². The highest BCUT2D eigenvalue weighted by Crippen LogP contribution is 2.25. The number of nitrogens with zero attached hydrogens (tertiary/aromatic N) is 3. The molecule has 2 aromatic heterocycles. The Morgan fingerprint density at radius 3 is 2.65 bits per heavy atom. The summed E-state index contributed by atoms with van der Waals surface area (Å²) in [4.78, 5) is 20.9. The SMILES string of the molecule is O=C(NCC(c1cccs1)N1CCOCC1)c1ccc(-n2cnc3ccccc32)cc1. The molecule has 4 aromatic rings. The lowest BCUT2D eigenvalue weighted by atomic mass is 10.1. The van der Waals surface area contributed by atoms with E-state index < -0.39 is 0 Å². The molecule has 0 bridgehead atoms. The molecule has 158 valence electrons. The second-order valence-electron chi connectivity index (χ2n) is 7.54. The highest BCUT2D eigenvalue weighted by atomic mass is 32.1. The number of hydrogen-bond acceptors (Lipinski definition) is 5. The smallest absolute Gasteiger partial charge is 0.251 e. The summed E-state index contributed by atoms with van der Waals surface area (Å²) in [6.07, 6.45) is 1.81. The molecule has 6 nitrogen and oxygen atoms in total. The fourth-order valence-electron chi connectivity index (χ4n) is 4.01. The minimum absolute atomic E-state index is 0.0585. The molecule has 1 atom stereocenters. The lowest BCUT2D eigenvalue weighted by molar-refractivity contribution is 0.0169. The fraction of sp³-hybridized carbons (Fsp3) is 0.250. The van der Waals surface area contributed by atoms with Crippen molar-refractivity contribution >= 4 is 28.3 Å². The predicted molar refractivity (Wildman–Crippen MR) is 123 cm³/mol. The molecule has 1 aliphatic heterocycles. The summed E-state index contributed by atoms with van der Waals surface area (Å²) in [5, 5.41) is 5.22. The predicted octanol–water partition coefficient (Wildman–Crippen LogP) is 3.89. The highest BCUT2D eigenvalue weighted by molar-refractivity contribution is 7.10. The van der Waals surface area contributed by atoms with Crippen LogP contribution in [-0.2, 0) is 4.74 Å². The van der Waals surface area contributed by atoms with Crippen LogP contribution in [0.25, 0.3) is 16.7 Å². The van der Waals surface area contributed by atoms with Gasteiger partial charge in [-0.1, -0.05) is 18.2 Å². The zero-order chi connectivity index (χ0) is 21.0. The van der Waals surface area contributed by atoms with Crippen LogP contribution in [0.15, 0.2) is 72.4 Å². The number of imidazole rings is 1. The van der Waals surface area contributed by atoms with E-state index in [1.54, 1.807) is 11.3 Å². The van der Waals surface area contributed by atoms with Crippen molar-refractivity contribution in [2.24, 2.45) is 0 Å². The van der Waals surface area contributed by atoms with Crippen molar-refractivity contribution in [3.05, 3.63) is 82.8 Å². The van der Waals surface area contributed by atoms with Gasteiger partial charge in [0.1, 0.15) is 6.33 Å². The third-order valence-corrected chi connectivity index (χ3v) is 6.65. The number of para-hydroxylation sites is 2. The maximum atomic E-state index is 12.8. The number of rotatable bonds is 6. The van der Waals surface area contributed by atoms with Crippen molar-refractivity contribution in [1.29, 1.82) is 0 Å². The average Bonchev–Trinajstić information content (AvgIpc) is 3.50. The Morgan fingerprint density at radius 2 is 1.87 bits per heavy atom. The molecule has 0 saturated carbocycles. The van der Waals surface area contributed by atoms with Gasteiger partial charge in [-0.3, -0.25) is 14.3 Å². The fourth-order valence-corrected chi connectivity index (χ4v) is 4.87. The van der Waals surface area contributed by atoms with E-state index in [1.807, 2.05) is 59.4 Å². The molecule has 1 amide bonds. The molecule has 5 rings (SSSR count). The Labute approximate surface area is 185 Å². The number of fused-ring (bicyclic) bond motifs is 1. The van der Waals surface area contributed by atoms with E-state index >= 15 is 0 Å². The molecule has 2 aromatic carbocycles. The third-order valence-electron chi connectivity index (χ3n) is 5.68. The van der Waals surface area contributed by atoms with E-state index in [9.17, 15) is 4.79 Å². The number of amides is 1. The molecule has 3 heterocycles. The van der Waals surface area contributed by atoms with E-state index in [-0.39, 0.29) is 11.9 Å². The molecule has 1 saturated heterocycles. The number of hydrogen-bond donors (Lipinski definition) is 1. The van der Waals surface area contributed by atoms with Gasteiger partial charge in [-0.15, -0.1) is 11.3 Å². The first-order valence-corrected chi connectivity index (χ1v) is 11.3. The second kappa shape index (κ2) is 9.01. The van der Waals surface area contributed by atoms with Gasteiger partial charge in [-0.05, 0) is 47.8 Å². The quantitative estimate of drug-likeness (QED) is 0.502. The standard InChI is InChI=1S/C24H24N4O2S/c29-24(25-16-22(23-6-3-15-31-23)27-11-13-30-14-12-27)18-7-9-19(10-8-18)28-17-26-20-4-1-2-5-21(20)28/h1-10,15,17,22H,11-14,16H2,(H,25,29). The summed E-state index contributed by atoms with van der Waals surface area (Å²) >= 11 is 1.73. The van der Waals surface area contributed by atoms with Gasteiger partial charge in [0.2, 0.25) is 0 Å². The van der Waals surface area contributed by atoms with Crippen molar-refractivity contribution in [3.63, 3.8) is 0 Å². The first-order chi connectivity index (χ1) is 15.3. The van der Waals surface area contributed by atoms with Crippen LogP contribution in [0.1, 0.15) is 21.3 Å².